The average Bonchev–Trinajstić information content (AvgIpc) is 3.24. The zero-order valence-electron chi connectivity index (χ0n) is 19.4. The van der Waals surface area contributed by atoms with Crippen LogP contribution in [-0.2, 0) is 0 Å². The first-order valence-electron chi connectivity index (χ1n) is 11.2. The van der Waals surface area contributed by atoms with Crippen molar-refractivity contribution in [2.75, 3.05) is 27.3 Å². The molecule has 1 aliphatic heterocycles. The second-order valence-corrected chi connectivity index (χ2v) is 8.76. The van der Waals surface area contributed by atoms with Crippen LogP contribution >= 0.6 is 0 Å². The zero-order valence-corrected chi connectivity index (χ0v) is 19.4. The van der Waals surface area contributed by atoms with Crippen molar-refractivity contribution in [1.29, 1.82) is 0 Å². The molecular weight excluding hydrogens is 425 g/mol. The van der Waals surface area contributed by atoms with E-state index < -0.39 is 0 Å². The topological polar surface area (TPSA) is 76.8 Å². The number of fused-ring (bicyclic) bond motifs is 1. The van der Waals surface area contributed by atoms with Gasteiger partial charge in [-0.2, -0.15) is 0 Å². The highest BCUT2D eigenvalue weighted by molar-refractivity contribution is 5.80. The van der Waals surface area contributed by atoms with Crippen molar-refractivity contribution in [3.05, 3.63) is 53.5 Å². The van der Waals surface area contributed by atoms with Crippen molar-refractivity contribution in [3.8, 4) is 11.5 Å². The number of aromatic nitrogens is 1. The number of carbonyl (C=O) groups excluding carboxylic acids is 1. The summed E-state index contributed by atoms with van der Waals surface area (Å²) in [6.07, 6.45) is 1.55. The zero-order chi connectivity index (χ0) is 23.5. The highest BCUT2D eigenvalue weighted by atomic mass is 19.1. The van der Waals surface area contributed by atoms with E-state index >= 15 is 0 Å². The summed E-state index contributed by atoms with van der Waals surface area (Å²) in [5.74, 6) is 1.31. The number of ether oxygens (including phenoxy) is 2. The molecule has 176 valence electrons. The van der Waals surface area contributed by atoms with Gasteiger partial charge >= 0.3 is 6.03 Å². The number of methoxy groups -OCH3 is 2. The molecule has 1 atom stereocenters. The summed E-state index contributed by atoms with van der Waals surface area (Å²) >= 11 is 0. The van der Waals surface area contributed by atoms with Crippen molar-refractivity contribution < 1.29 is 23.2 Å². The number of urea groups is 1. The van der Waals surface area contributed by atoms with E-state index in [0.29, 0.717) is 30.2 Å². The molecular formula is C25H30FN3O4. The maximum Gasteiger partial charge on any atom is 0.317 e. The van der Waals surface area contributed by atoms with Crippen LogP contribution < -0.4 is 14.8 Å². The van der Waals surface area contributed by atoms with Gasteiger partial charge < -0.3 is 24.2 Å². The smallest absolute Gasteiger partial charge is 0.317 e. The average molecular weight is 456 g/mol. The van der Waals surface area contributed by atoms with E-state index in [1.807, 2.05) is 23.1 Å². The molecule has 1 saturated heterocycles. The van der Waals surface area contributed by atoms with E-state index in [4.69, 9.17) is 14.0 Å². The standard InChI is InChI=1S/C25H30FN3O4/c1-15(2)23(17-5-8-20(31-3)22(13-17)32-4)27-25(30)29-11-9-16(10-12-29)24-19-7-6-18(26)14-21(19)33-28-24/h5-8,13-16,23H,9-12H2,1-4H3,(H,27,30)/t23-/m1/s1. The molecule has 2 amide bonds. The number of likely N-dealkylation sites (tertiary alicyclic amines) is 1. The van der Waals surface area contributed by atoms with Gasteiger partial charge in [0.25, 0.3) is 0 Å². The van der Waals surface area contributed by atoms with Crippen LogP contribution in [-0.4, -0.2) is 43.4 Å². The lowest BCUT2D eigenvalue weighted by Crippen LogP contribution is -2.46. The Labute approximate surface area is 192 Å². The summed E-state index contributed by atoms with van der Waals surface area (Å²) in [4.78, 5) is 14.9. The molecule has 3 aromatic rings. The Morgan fingerprint density at radius 2 is 1.85 bits per heavy atom. The lowest BCUT2D eigenvalue weighted by Gasteiger charge is -2.33. The van der Waals surface area contributed by atoms with E-state index in [1.165, 1.54) is 12.1 Å². The van der Waals surface area contributed by atoms with E-state index in [9.17, 15) is 9.18 Å². The number of nitrogens with one attached hydrogen (secondary N) is 1. The highest BCUT2D eigenvalue weighted by Crippen LogP contribution is 2.34. The summed E-state index contributed by atoms with van der Waals surface area (Å²) < 4.78 is 29.5. The second-order valence-electron chi connectivity index (χ2n) is 8.76. The first-order chi connectivity index (χ1) is 15.9. The summed E-state index contributed by atoms with van der Waals surface area (Å²) in [6.45, 7) is 5.38. The fraction of sp³-hybridized carbons (Fsp3) is 0.440. The predicted molar refractivity (Wildman–Crippen MR) is 123 cm³/mol. The third-order valence-electron chi connectivity index (χ3n) is 6.34. The number of hydrogen-bond acceptors (Lipinski definition) is 5. The summed E-state index contributed by atoms with van der Waals surface area (Å²) in [5, 5.41) is 8.22. The normalized spacial score (nSPS) is 15.6. The minimum Gasteiger partial charge on any atom is -0.493 e. The fourth-order valence-electron chi connectivity index (χ4n) is 4.49. The molecule has 0 radical (unpaired) electrons. The fourth-order valence-corrected chi connectivity index (χ4v) is 4.49. The van der Waals surface area contributed by atoms with Crippen LogP contribution in [0.25, 0.3) is 11.0 Å². The molecule has 1 N–H and O–H groups in total. The molecule has 0 bridgehead atoms. The predicted octanol–water partition coefficient (Wildman–Crippen LogP) is 5.27. The Balaban J connectivity index is 1.42. The Morgan fingerprint density at radius 1 is 1.12 bits per heavy atom. The Kier molecular flexibility index (Phi) is 6.72. The van der Waals surface area contributed by atoms with Crippen LogP contribution in [0.1, 0.15) is 49.9 Å². The van der Waals surface area contributed by atoms with Crippen molar-refractivity contribution in [1.82, 2.24) is 15.4 Å². The Morgan fingerprint density at radius 3 is 2.52 bits per heavy atom. The molecule has 2 aromatic carbocycles. The number of nitrogens with zero attached hydrogens (tertiary/aromatic N) is 2. The lowest BCUT2D eigenvalue weighted by atomic mass is 9.91. The molecule has 1 aromatic heterocycles. The number of carbonyl (C=O) groups is 1. The van der Waals surface area contributed by atoms with Crippen molar-refractivity contribution in [2.45, 2.75) is 38.6 Å². The number of rotatable bonds is 6. The van der Waals surface area contributed by atoms with Crippen molar-refractivity contribution in [3.63, 3.8) is 0 Å². The lowest BCUT2D eigenvalue weighted by molar-refractivity contribution is 0.173. The second kappa shape index (κ2) is 9.68. The van der Waals surface area contributed by atoms with Crippen LogP contribution in [0.5, 0.6) is 11.5 Å². The van der Waals surface area contributed by atoms with Gasteiger partial charge in [0, 0.05) is 30.5 Å². The van der Waals surface area contributed by atoms with Gasteiger partial charge in [-0.15, -0.1) is 0 Å². The highest BCUT2D eigenvalue weighted by Gasteiger charge is 2.29. The van der Waals surface area contributed by atoms with Crippen LogP contribution in [0, 0.1) is 11.7 Å². The molecule has 1 fully saturated rings. The molecule has 0 unspecified atom stereocenters. The van der Waals surface area contributed by atoms with Gasteiger partial charge in [-0.3, -0.25) is 0 Å². The molecule has 7 nitrogen and oxygen atoms in total. The minimum absolute atomic E-state index is 0.0889. The number of amides is 2. The van der Waals surface area contributed by atoms with E-state index in [2.05, 4.69) is 24.3 Å². The maximum absolute atomic E-state index is 13.4. The molecule has 0 saturated carbocycles. The van der Waals surface area contributed by atoms with Crippen molar-refractivity contribution in [2.24, 2.45) is 5.92 Å². The third kappa shape index (κ3) is 4.74. The number of piperidine rings is 1. The SMILES string of the molecule is COc1ccc([C@H](NC(=O)N2CCC(c3noc4cc(F)ccc34)CC2)C(C)C)cc1OC. The quantitative estimate of drug-likeness (QED) is 0.548. The van der Waals surface area contributed by atoms with Crippen LogP contribution in [0.2, 0.25) is 0 Å². The van der Waals surface area contributed by atoms with Gasteiger partial charge in [0.1, 0.15) is 5.82 Å². The van der Waals surface area contributed by atoms with Gasteiger partial charge in [-0.25, -0.2) is 9.18 Å². The van der Waals surface area contributed by atoms with Gasteiger partial charge in [-0.1, -0.05) is 25.1 Å². The summed E-state index contributed by atoms with van der Waals surface area (Å²) in [6, 6.07) is 9.96. The Bertz CT molecular complexity index is 1120. The Hall–Kier alpha value is -3.29. The maximum atomic E-state index is 13.4. The van der Waals surface area contributed by atoms with Gasteiger partial charge in [-0.05, 0) is 48.6 Å². The number of halogens is 1. The molecule has 4 rings (SSSR count). The molecule has 33 heavy (non-hydrogen) atoms. The van der Waals surface area contributed by atoms with Crippen LogP contribution in [0.15, 0.2) is 40.9 Å². The van der Waals surface area contributed by atoms with Gasteiger partial charge in [0.2, 0.25) is 0 Å². The third-order valence-corrected chi connectivity index (χ3v) is 6.34. The van der Waals surface area contributed by atoms with E-state index in [1.54, 1.807) is 20.3 Å². The summed E-state index contributed by atoms with van der Waals surface area (Å²) in [7, 11) is 3.20. The van der Waals surface area contributed by atoms with E-state index in [0.717, 1.165) is 29.5 Å². The van der Waals surface area contributed by atoms with Gasteiger partial charge in [0.15, 0.2) is 17.1 Å². The molecule has 2 heterocycles. The largest absolute Gasteiger partial charge is 0.493 e. The molecule has 1 aliphatic rings. The van der Waals surface area contributed by atoms with Gasteiger partial charge in [0.05, 0.1) is 26.0 Å². The number of benzene rings is 2. The van der Waals surface area contributed by atoms with Crippen LogP contribution in [0.3, 0.4) is 0 Å². The van der Waals surface area contributed by atoms with Crippen molar-refractivity contribution >= 4 is 17.0 Å². The molecule has 8 heteroatoms. The number of hydrogen-bond donors (Lipinski definition) is 1. The minimum atomic E-state index is -0.342. The van der Waals surface area contributed by atoms with E-state index in [-0.39, 0.29) is 29.7 Å². The van der Waals surface area contributed by atoms with Crippen LogP contribution in [0.4, 0.5) is 9.18 Å². The summed E-state index contributed by atoms with van der Waals surface area (Å²) in [5.41, 5.74) is 2.27. The molecule has 0 aliphatic carbocycles. The molecule has 0 spiro atoms. The monoisotopic (exact) mass is 455 g/mol. The first kappa shape index (κ1) is 22.9. The first-order valence-corrected chi connectivity index (χ1v) is 11.2.